The molecule has 0 saturated carbocycles. The van der Waals surface area contributed by atoms with Gasteiger partial charge in [-0.05, 0) is 19.1 Å². The Kier molecular flexibility index (Phi) is 3.39. The van der Waals surface area contributed by atoms with Crippen LogP contribution in [0.4, 0.5) is 0 Å². The van der Waals surface area contributed by atoms with Gasteiger partial charge in [-0.15, -0.1) is 0 Å². The maximum Gasteiger partial charge on any atom is 0.419 e. The Labute approximate surface area is 122 Å². The predicted molar refractivity (Wildman–Crippen MR) is 77.7 cm³/mol. The smallest absolute Gasteiger partial charge is 0.408 e. The molecular formula is C13H17N3O4S. The number of aryl methyl sites for hydroxylation is 1. The van der Waals surface area contributed by atoms with Crippen molar-refractivity contribution in [3.63, 3.8) is 0 Å². The van der Waals surface area contributed by atoms with Gasteiger partial charge >= 0.3 is 5.76 Å². The minimum absolute atomic E-state index is 0.109. The number of fused-ring (bicyclic) bond motifs is 1. The fraction of sp³-hybridized carbons (Fsp3) is 0.462. The van der Waals surface area contributed by atoms with Crippen LogP contribution in [0.1, 0.15) is 6.92 Å². The third-order valence-corrected chi connectivity index (χ3v) is 5.82. The third kappa shape index (κ3) is 2.29. The SMILES string of the molecule is C[C@@H]1CNCCN1S(=O)(=O)c1ccc2c(c1)oc(=O)n2C. The zero-order valence-electron chi connectivity index (χ0n) is 11.9. The van der Waals surface area contributed by atoms with E-state index in [9.17, 15) is 13.2 Å². The lowest BCUT2D eigenvalue weighted by atomic mass is 10.3. The molecule has 0 amide bonds. The van der Waals surface area contributed by atoms with E-state index in [0.717, 1.165) is 0 Å². The Morgan fingerprint density at radius 3 is 2.86 bits per heavy atom. The van der Waals surface area contributed by atoms with Crippen molar-refractivity contribution in [2.45, 2.75) is 17.9 Å². The first-order valence-corrected chi connectivity index (χ1v) is 8.17. The summed E-state index contributed by atoms with van der Waals surface area (Å²) in [6, 6.07) is 4.42. The molecule has 1 atom stereocenters. The van der Waals surface area contributed by atoms with E-state index in [-0.39, 0.29) is 16.5 Å². The molecule has 0 unspecified atom stereocenters. The van der Waals surface area contributed by atoms with Gasteiger partial charge in [0.1, 0.15) is 0 Å². The maximum absolute atomic E-state index is 12.7. The Hall–Kier alpha value is -1.64. The van der Waals surface area contributed by atoms with E-state index >= 15 is 0 Å². The van der Waals surface area contributed by atoms with Crippen molar-refractivity contribution in [3.8, 4) is 0 Å². The van der Waals surface area contributed by atoms with Crippen LogP contribution >= 0.6 is 0 Å². The van der Waals surface area contributed by atoms with Crippen molar-refractivity contribution in [3.05, 3.63) is 28.7 Å². The standard InChI is InChI=1S/C13H17N3O4S/c1-9-8-14-5-6-16(9)21(18,19)10-3-4-11-12(7-10)20-13(17)15(11)2/h3-4,7,9,14H,5-6,8H2,1-2H3/t9-/m1/s1. The highest BCUT2D eigenvalue weighted by Crippen LogP contribution is 2.23. The first kappa shape index (κ1) is 14.3. The fourth-order valence-corrected chi connectivity index (χ4v) is 4.24. The molecular weight excluding hydrogens is 294 g/mol. The van der Waals surface area contributed by atoms with Crippen molar-refractivity contribution in [2.75, 3.05) is 19.6 Å². The highest BCUT2D eigenvalue weighted by atomic mass is 32.2. The van der Waals surface area contributed by atoms with Crippen LogP contribution in [0.2, 0.25) is 0 Å². The van der Waals surface area contributed by atoms with Crippen LogP contribution in [0, 0.1) is 0 Å². The summed E-state index contributed by atoms with van der Waals surface area (Å²) in [5.74, 6) is -0.505. The molecule has 1 fully saturated rings. The van der Waals surface area contributed by atoms with Gasteiger partial charge in [0.25, 0.3) is 0 Å². The summed E-state index contributed by atoms with van der Waals surface area (Å²) < 4.78 is 33.3. The largest absolute Gasteiger partial charge is 0.419 e. The minimum Gasteiger partial charge on any atom is -0.408 e. The summed E-state index contributed by atoms with van der Waals surface area (Å²) >= 11 is 0. The summed E-state index contributed by atoms with van der Waals surface area (Å²) in [4.78, 5) is 11.6. The summed E-state index contributed by atoms with van der Waals surface area (Å²) in [6.45, 7) is 3.55. The number of nitrogens with zero attached hydrogens (tertiary/aromatic N) is 2. The summed E-state index contributed by atoms with van der Waals surface area (Å²) in [6.07, 6.45) is 0. The maximum atomic E-state index is 12.7. The zero-order valence-corrected chi connectivity index (χ0v) is 12.7. The quantitative estimate of drug-likeness (QED) is 0.851. The summed E-state index contributed by atoms with van der Waals surface area (Å²) in [5.41, 5.74) is 0.860. The zero-order chi connectivity index (χ0) is 15.2. The molecule has 0 bridgehead atoms. The number of sulfonamides is 1. The minimum atomic E-state index is -3.58. The first-order chi connectivity index (χ1) is 9.91. The molecule has 7 nitrogen and oxygen atoms in total. The number of benzene rings is 1. The number of rotatable bonds is 2. The molecule has 0 radical (unpaired) electrons. The third-order valence-electron chi connectivity index (χ3n) is 3.81. The Morgan fingerprint density at radius 1 is 1.38 bits per heavy atom. The van der Waals surface area contributed by atoms with Crippen molar-refractivity contribution in [2.24, 2.45) is 7.05 Å². The number of aromatic nitrogens is 1. The van der Waals surface area contributed by atoms with Crippen LogP contribution in [0.25, 0.3) is 11.1 Å². The molecule has 21 heavy (non-hydrogen) atoms. The van der Waals surface area contributed by atoms with Gasteiger partial charge in [0.05, 0.1) is 10.4 Å². The van der Waals surface area contributed by atoms with E-state index in [0.29, 0.717) is 25.2 Å². The number of hydrogen-bond donors (Lipinski definition) is 1. The fourth-order valence-electron chi connectivity index (χ4n) is 2.59. The molecule has 1 aliphatic rings. The van der Waals surface area contributed by atoms with Crippen molar-refractivity contribution in [1.29, 1.82) is 0 Å². The summed E-state index contributed by atoms with van der Waals surface area (Å²) in [5, 5.41) is 3.16. The van der Waals surface area contributed by atoms with Crippen LogP contribution in [0.5, 0.6) is 0 Å². The Balaban J connectivity index is 2.08. The molecule has 114 valence electrons. The van der Waals surface area contributed by atoms with Gasteiger partial charge in [-0.25, -0.2) is 13.2 Å². The first-order valence-electron chi connectivity index (χ1n) is 6.73. The molecule has 2 aromatic rings. The predicted octanol–water partition coefficient (Wildman–Crippen LogP) is 0.114. The van der Waals surface area contributed by atoms with Crippen LogP contribution in [0.15, 0.2) is 32.3 Å². The molecule has 1 N–H and O–H groups in total. The molecule has 2 heterocycles. The van der Waals surface area contributed by atoms with Gasteiger partial charge in [-0.1, -0.05) is 0 Å². The molecule has 0 spiro atoms. The topological polar surface area (TPSA) is 84.6 Å². The number of nitrogens with one attached hydrogen (secondary N) is 1. The molecule has 1 saturated heterocycles. The van der Waals surface area contributed by atoms with Crippen LogP contribution < -0.4 is 11.1 Å². The van der Waals surface area contributed by atoms with E-state index < -0.39 is 15.8 Å². The van der Waals surface area contributed by atoms with Gasteiger partial charge < -0.3 is 9.73 Å². The average molecular weight is 311 g/mol. The van der Waals surface area contributed by atoms with E-state index in [1.165, 1.54) is 21.0 Å². The lowest BCUT2D eigenvalue weighted by Crippen LogP contribution is -2.52. The Bertz CT molecular complexity index is 837. The van der Waals surface area contributed by atoms with Crippen molar-refractivity contribution >= 4 is 21.1 Å². The molecule has 3 rings (SSSR count). The van der Waals surface area contributed by atoms with E-state index in [4.69, 9.17) is 4.42 Å². The molecule has 1 aliphatic heterocycles. The van der Waals surface area contributed by atoms with Gasteiger partial charge in [-0.3, -0.25) is 4.57 Å². The number of piperazine rings is 1. The van der Waals surface area contributed by atoms with E-state index in [1.807, 2.05) is 6.92 Å². The van der Waals surface area contributed by atoms with Crippen LogP contribution in [0.3, 0.4) is 0 Å². The monoisotopic (exact) mass is 311 g/mol. The average Bonchev–Trinajstić information content (AvgIpc) is 2.74. The van der Waals surface area contributed by atoms with E-state index in [1.54, 1.807) is 13.1 Å². The molecule has 8 heteroatoms. The highest BCUT2D eigenvalue weighted by molar-refractivity contribution is 7.89. The van der Waals surface area contributed by atoms with Gasteiger partial charge in [0, 0.05) is 38.8 Å². The van der Waals surface area contributed by atoms with Crippen LogP contribution in [-0.2, 0) is 17.1 Å². The lowest BCUT2D eigenvalue weighted by molar-refractivity contribution is 0.284. The number of hydrogen-bond acceptors (Lipinski definition) is 5. The second kappa shape index (κ2) is 4.97. The van der Waals surface area contributed by atoms with Gasteiger partial charge in [0.15, 0.2) is 5.58 Å². The Morgan fingerprint density at radius 2 is 2.14 bits per heavy atom. The molecule has 0 aliphatic carbocycles. The van der Waals surface area contributed by atoms with Gasteiger partial charge in [-0.2, -0.15) is 4.31 Å². The second-order valence-corrected chi connectivity index (χ2v) is 7.12. The summed E-state index contributed by atoms with van der Waals surface area (Å²) in [7, 11) is -2.00. The molecule has 1 aromatic carbocycles. The molecule has 1 aromatic heterocycles. The number of oxazole rings is 1. The van der Waals surface area contributed by atoms with E-state index in [2.05, 4.69) is 5.32 Å². The van der Waals surface area contributed by atoms with Crippen LogP contribution in [-0.4, -0.2) is 43.0 Å². The normalized spacial score (nSPS) is 21.0. The van der Waals surface area contributed by atoms with Crippen molar-refractivity contribution < 1.29 is 12.8 Å². The highest BCUT2D eigenvalue weighted by Gasteiger charge is 2.31. The lowest BCUT2D eigenvalue weighted by Gasteiger charge is -2.32. The van der Waals surface area contributed by atoms with Crippen molar-refractivity contribution in [1.82, 2.24) is 14.2 Å². The van der Waals surface area contributed by atoms with Gasteiger partial charge in [0.2, 0.25) is 10.0 Å². The second-order valence-electron chi connectivity index (χ2n) is 5.23.